The summed E-state index contributed by atoms with van der Waals surface area (Å²) in [5.41, 5.74) is 3.30. The third kappa shape index (κ3) is 2.74. The van der Waals surface area contributed by atoms with Gasteiger partial charge in [-0.3, -0.25) is 4.90 Å². The van der Waals surface area contributed by atoms with Crippen molar-refractivity contribution in [3.63, 3.8) is 0 Å². The Kier molecular flexibility index (Phi) is 4.04. The van der Waals surface area contributed by atoms with E-state index in [4.69, 9.17) is 9.15 Å². The quantitative estimate of drug-likeness (QED) is 0.939. The molecule has 1 aromatic heterocycles. The van der Waals surface area contributed by atoms with Gasteiger partial charge in [-0.2, -0.15) is 0 Å². The summed E-state index contributed by atoms with van der Waals surface area (Å²) in [5, 5.41) is 11.6. The van der Waals surface area contributed by atoms with Crippen molar-refractivity contribution >= 4 is 11.0 Å². The van der Waals surface area contributed by atoms with Crippen LogP contribution in [0.15, 0.2) is 16.5 Å². The van der Waals surface area contributed by atoms with E-state index in [1.807, 2.05) is 6.07 Å². The van der Waals surface area contributed by atoms with Crippen molar-refractivity contribution in [2.45, 2.75) is 51.7 Å². The average Bonchev–Trinajstić information content (AvgIpc) is 2.96. The van der Waals surface area contributed by atoms with Gasteiger partial charge >= 0.3 is 0 Å². The van der Waals surface area contributed by atoms with Gasteiger partial charge in [-0.1, -0.05) is 6.92 Å². The van der Waals surface area contributed by atoms with Crippen molar-refractivity contribution in [1.82, 2.24) is 4.90 Å². The first-order chi connectivity index (χ1) is 11.3. The summed E-state index contributed by atoms with van der Waals surface area (Å²) in [7, 11) is 0. The van der Waals surface area contributed by atoms with E-state index in [2.05, 4.69) is 11.8 Å². The first-order valence-electron chi connectivity index (χ1n) is 8.85. The third-order valence-corrected chi connectivity index (χ3v) is 5.26. The van der Waals surface area contributed by atoms with E-state index in [0.29, 0.717) is 11.9 Å². The fourth-order valence-corrected chi connectivity index (χ4v) is 3.97. The Morgan fingerprint density at radius 1 is 1.26 bits per heavy atom. The van der Waals surface area contributed by atoms with Crippen LogP contribution in [0.25, 0.3) is 11.0 Å². The molecular formula is C19H25NO3. The van der Waals surface area contributed by atoms with Gasteiger partial charge in [0.15, 0.2) is 0 Å². The van der Waals surface area contributed by atoms with Gasteiger partial charge in [0.05, 0.1) is 12.7 Å². The molecule has 4 rings (SSSR count). The molecule has 1 atom stereocenters. The summed E-state index contributed by atoms with van der Waals surface area (Å²) < 4.78 is 11.8. The molecule has 1 fully saturated rings. The van der Waals surface area contributed by atoms with Crippen LogP contribution in [0.5, 0.6) is 5.75 Å². The average molecular weight is 315 g/mol. The molecule has 2 heterocycles. The van der Waals surface area contributed by atoms with Gasteiger partial charge < -0.3 is 14.3 Å². The summed E-state index contributed by atoms with van der Waals surface area (Å²) in [6, 6.07) is 3.70. The van der Waals surface area contributed by atoms with Crippen LogP contribution >= 0.6 is 0 Å². The second kappa shape index (κ2) is 6.17. The van der Waals surface area contributed by atoms with Crippen molar-refractivity contribution in [2.24, 2.45) is 0 Å². The lowest BCUT2D eigenvalue weighted by Gasteiger charge is -2.32. The van der Waals surface area contributed by atoms with Crippen molar-refractivity contribution in [3.8, 4) is 5.75 Å². The number of phenolic OH excluding ortho intramolecular Hbond substituents is 1. The van der Waals surface area contributed by atoms with Crippen LogP contribution in [0, 0.1) is 0 Å². The van der Waals surface area contributed by atoms with Crippen LogP contribution in [-0.4, -0.2) is 35.8 Å². The summed E-state index contributed by atoms with van der Waals surface area (Å²) in [6.07, 6.45) is 5.86. The number of morpholine rings is 1. The highest BCUT2D eigenvalue weighted by Crippen LogP contribution is 2.38. The van der Waals surface area contributed by atoms with Crippen LogP contribution in [-0.2, 0) is 24.1 Å². The number of rotatable bonds is 3. The van der Waals surface area contributed by atoms with Crippen LogP contribution in [0.1, 0.15) is 43.1 Å². The zero-order chi connectivity index (χ0) is 15.8. The number of aromatic hydroxyl groups is 1. The number of hydrogen-bond acceptors (Lipinski definition) is 4. The summed E-state index contributed by atoms with van der Waals surface area (Å²) >= 11 is 0. The monoisotopic (exact) mass is 315 g/mol. The summed E-state index contributed by atoms with van der Waals surface area (Å²) in [4.78, 5) is 2.40. The first kappa shape index (κ1) is 15.0. The Morgan fingerprint density at radius 3 is 3.00 bits per heavy atom. The van der Waals surface area contributed by atoms with E-state index >= 15 is 0 Å². The molecule has 1 aliphatic heterocycles. The van der Waals surface area contributed by atoms with Crippen molar-refractivity contribution in [2.75, 3.05) is 19.7 Å². The zero-order valence-corrected chi connectivity index (χ0v) is 13.8. The van der Waals surface area contributed by atoms with E-state index < -0.39 is 0 Å². The Labute approximate surface area is 137 Å². The molecule has 4 heteroatoms. The van der Waals surface area contributed by atoms with Crippen LogP contribution in [0.4, 0.5) is 0 Å². The molecular weight excluding hydrogens is 290 g/mol. The normalized spacial score (nSPS) is 22.4. The maximum atomic E-state index is 10.5. The lowest BCUT2D eigenvalue weighted by Crippen LogP contribution is -2.41. The molecule has 2 aliphatic rings. The minimum atomic E-state index is 0.309. The van der Waals surface area contributed by atoms with E-state index in [0.717, 1.165) is 62.4 Å². The number of ether oxygens (including phenoxy) is 1. The first-order valence-corrected chi connectivity index (χ1v) is 8.85. The van der Waals surface area contributed by atoms with Crippen molar-refractivity contribution < 1.29 is 14.3 Å². The minimum Gasteiger partial charge on any atom is -0.508 e. The number of furan rings is 1. The topological polar surface area (TPSA) is 45.8 Å². The summed E-state index contributed by atoms with van der Waals surface area (Å²) in [5.74, 6) is 1.53. The molecule has 0 bridgehead atoms. The van der Waals surface area contributed by atoms with Gasteiger partial charge in [-0.05, 0) is 37.8 Å². The molecule has 1 aromatic carbocycles. The van der Waals surface area contributed by atoms with Gasteiger partial charge in [-0.15, -0.1) is 0 Å². The Hall–Kier alpha value is -1.52. The molecule has 23 heavy (non-hydrogen) atoms. The SMILES string of the molecule is CC[C@@H]1CN(Cc2c(O)ccc3oc4c(c23)CCCC4)CCO1. The third-order valence-electron chi connectivity index (χ3n) is 5.26. The fraction of sp³-hybridized carbons (Fsp3) is 0.579. The maximum absolute atomic E-state index is 10.5. The number of fused-ring (bicyclic) bond motifs is 3. The number of phenols is 1. The highest BCUT2D eigenvalue weighted by atomic mass is 16.5. The van der Waals surface area contributed by atoms with Crippen LogP contribution in [0.2, 0.25) is 0 Å². The maximum Gasteiger partial charge on any atom is 0.135 e. The van der Waals surface area contributed by atoms with Gasteiger partial charge in [0.1, 0.15) is 17.1 Å². The lowest BCUT2D eigenvalue weighted by atomic mass is 9.93. The molecule has 1 N–H and O–H groups in total. The van der Waals surface area contributed by atoms with E-state index in [1.54, 1.807) is 6.07 Å². The highest BCUT2D eigenvalue weighted by Gasteiger charge is 2.25. The molecule has 0 amide bonds. The van der Waals surface area contributed by atoms with E-state index in [1.165, 1.54) is 23.8 Å². The summed E-state index contributed by atoms with van der Waals surface area (Å²) in [6.45, 7) is 5.57. The van der Waals surface area contributed by atoms with Gasteiger partial charge in [-0.25, -0.2) is 0 Å². The molecule has 0 spiro atoms. The smallest absolute Gasteiger partial charge is 0.135 e. The molecule has 4 nitrogen and oxygen atoms in total. The Balaban J connectivity index is 1.71. The molecule has 0 unspecified atom stereocenters. The fourth-order valence-electron chi connectivity index (χ4n) is 3.97. The van der Waals surface area contributed by atoms with Crippen LogP contribution in [0.3, 0.4) is 0 Å². The minimum absolute atomic E-state index is 0.309. The Morgan fingerprint density at radius 2 is 2.13 bits per heavy atom. The molecule has 2 aromatic rings. The van der Waals surface area contributed by atoms with Gasteiger partial charge in [0.25, 0.3) is 0 Å². The largest absolute Gasteiger partial charge is 0.508 e. The van der Waals surface area contributed by atoms with Crippen LogP contribution < -0.4 is 0 Å². The number of aryl methyl sites for hydroxylation is 2. The number of hydrogen-bond donors (Lipinski definition) is 1. The Bertz CT molecular complexity index is 706. The number of nitrogens with zero attached hydrogens (tertiary/aromatic N) is 1. The van der Waals surface area contributed by atoms with E-state index in [9.17, 15) is 5.11 Å². The second-order valence-corrected chi connectivity index (χ2v) is 6.78. The van der Waals surface area contributed by atoms with Crippen molar-refractivity contribution in [3.05, 3.63) is 29.0 Å². The standard InChI is InChI=1S/C19H25NO3/c1-2-13-11-20(9-10-22-13)12-15-16(21)7-8-18-19(15)14-5-3-4-6-17(14)23-18/h7-8,13,21H,2-6,9-12H2,1H3/t13-/m1/s1. The lowest BCUT2D eigenvalue weighted by molar-refractivity contribution is -0.0325. The molecule has 1 saturated heterocycles. The van der Waals surface area contributed by atoms with Crippen molar-refractivity contribution in [1.29, 1.82) is 0 Å². The van der Waals surface area contributed by atoms with Gasteiger partial charge in [0, 0.05) is 42.6 Å². The highest BCUT2D eigenvalue weighted by molar-refractivity contribution is 5.88. The number of benzene rings is 1. The molecule has 0 saturated carbocycles. The second-order valence-electron chi connectivity index (χ2n) is 6.78. The zero-order valence-electron chi connectivity index (χ0n) is 13.8. The molecule has 0 radical (unpaired) electrons. The predicted molar refractivity (Wildman–Crippen MR) is 89.8 cm³/mol. The molecule has 124 valence electrons. The molecule has 1 aliphatic carbocycles. The van der Waals surface area contributed by atoms with E-state index in [-0.39, 0.29) is 0 Å². The predicted octanol–water partition coefficient (Wildman–Crippen LogP) is 3.63. The van der Waals surface area contributed by atoms with Gasteiger partial charge in [0.2, 0.25) is 0 Å².